The van der Waals surface area contributed by atoms with E-state index in [0.29, 0.717) is 18.3 Å². The first-order valence-electron chi connectivity index (χ1n) is 10.6. The zero-order chi connectivity index (χ0) is 21.2. The minimum Gasteiger partial charge on any atom is -0.385 e. The van der Waals surface area contributed by atoms with Crippen molar-refractivity contribution in [3.8, 4) is 5.69 Å². The number of halogens is 1. The van der Waals surface area contributed by atoms with Gasteiger partial charge in [0.25, 0.3) is 0 Å². The van der Waals surface area contributed by atoms with Gasteiger partial charge in [-0.15, -0.1) is 0 Å². The van der Waals surface area contributed by atoms with Crippen LogP contribution < -0.4 is 5.32 Å². The number of benzene rings is 1. The van der Waals surface area contributed by atoms with Crippen LogP contribution in [0, 0.1) is 5.82 Å². The van der Waals surface area contributed by atoms with Gasteiger partial charge in [-0.2, -0.15) is 0 Å². The Morgan fingerprint density at radius 3 is 2.80 bits per heavy atom. The molecular formula is C22H32FN5O2. The molecule has 1 N–H and O–H groups in total. The lowest BCUT2D eigenvalue weighted by atomic mass is 10.1. The molecule has 164 valence electrons. The Kier molecular flexibility index (Phi) is 8.65. The molecule has 0 radical (unpaired) electrons. The molecule has 2 aromatic rings. The van der Waals surface area contributed by atoms with E-state index in [0.717, 1.165) is 63.6 Å². The minimum atomic E-state index is -0.280. The quantitative estimate of drug-likeness (QED) is 0.386. The number of imidazole rings is 1. The largest absolute Gasteiger partial charge is 0.385 e. The van der Waals surface area contributed by atoms with E-state index >= 15 is 0 Å². The van der Waals surface area contributed by atoms with Crippen molar-refractivity contribution in [2.75, 3.05) is 40.0 Å². The van der Waals surface area contributed by atoms with E-state index in [1.54, 1.807) is 42.5 Å². The van der Waals surface area contributed by atoms with Gasteiger partial charge in [-0.3, -0.25) is 0 Å². The molecule has 7 nitrogen and oxygen atoms in total. The Labute approximate surface area is 177 Å². The lowest BCUT2D eigenvalue weighted by Crippen LogP contribution is -2.47. The molecule has 0 spiro atoms. The Bertz CT molecular complexity index is 789. The summed E-state index contributed by atoms with van der Waals surface area (Å²) in [6, 6.07) is 5.22. The number of hydrogen-bond donors (Lipinski definition) is 1. The van der Waals surface area contributed by atoms with Crippen molar-refractivity contribution in [2.24, 2.45) is 4.99 Å². The summed E-state index contributed by atoms with van der Waals surface area (Å²) in [4.78, 5) is 11.0. The summed E-state index contributed by atoms with van der Waals surface area (Å²) >= 11 is 0. The van der Waals surface area contributed by atoms with Gasteiger partial charge in [0.15, 0.2) is 5.96 Å². The molecule has 2 heterocycles. The molecule has 1 aromatic heterocycles. The van der Waals surface area contributed by atoms with Gasteiger partial charge in [0, 0.05) is 52.4 Å². The van der Waals surface area contributed by atoms with Crippen molar-refractivity contribution in [1.82, 2.24) is 19.8 Å². The molecule has 0 bridgehead atoms. The second-order valence-electron chi connectivity index (χ2n) is 7.33. The monoisotopic (exact) mass is 417 g/mol. The molecule has 1 aliphatic heterocycles. The Balaban J connectivity index is 1.55. The van der Waals surface area contributed by atoms with Crippen LogP contribution in [0.4, 0.5) is 4.39 Å². The van der Waals surface area contributed by atoms with Crippen molar-refractivity contribution >= 4 is 5.96 Å². The lowest BCUT2D eigenvalue weighted by molar-refractivity contribution is 0.00990. The van der Waals surface area contributed by atoms with Gasteiger partial charge in [-0.05, 0) is 43.9 Å². The summed E-state index contributed by atoms with van der Waals surface area (Å²) in [6.07, 6.45) is 8.13. The average Bonchev–Trinajstić information content (AvgIpc) is 3.29. The van der Waals surface area contributed by atoms with Crippen LogP contribution in [0.25, 0.3) is 5.69 Å². The smallest absolute Gasteiger partial charge is 0.194 e. The number of guanidine groups is 1. The third-order valence-electron chi connectivity index (χ3n) is 5.13. The summed E-state index contributed by atoms with van der Waals surface area (Å²) in [7, 11) is 1.71. The van der Waals surface area contributed by atoms with Crippen LogP contribution in [0.3, 0.4) is 0 Å². The summed E-state index contributed by atoms with van der Waals surface area (Å²) in [6.45, 7) is 6.55. The second kappa shape index (κ2) is 11.7. The van der Waals surface area contributed by atoms with E-state index in [1.165, 1.54) is 0 Å². The predicted molar refractivity (Wildman–Crippen MR) is 115 cm³/mol. The Morgan fingerprint density at radius 1 is 1.30 bits per heavy atom. The first kappa shape index (κ1) is 22.2. The second-order valence-corrected chi connectivity index (χ2v) is 7.33. The van der Waals surface area contributed by atoms with Crippen LogP contribution in [0.5, 0.6) is 0 Å². The topological polar surface area (TPSA) is 63.9 Å². The fourth-order valence-corrected chi connectivity index (χ4v) is 3.54. The summed E-state index contributed by atoms with van der Waals surface area (Å²) < 4.78 is 27.2. The molecule has 0 amide bonds. The van der Waals surface area contributed by atoms with Crippen LogP contribution in [-0.4, -0.2) is 66.5 Å². The molecule has 0 atom stereocenters. The molecule has 30 heavy (non-hydrogen) atoms. The van der Waals surface area contributed by atoms with Gasteiger partial charge in [-0.1, -0.05) is 6.07 Å². The normalized spacial score (nSPS) is 15.6. The lowest BCUT2D eigenvalue weighted by Gasteiger charge is -2.34. The number of methoxy groups -OCH3 is 1. The van der Waals surface area contributed by atoms with Gasteiger partial charge in [-0.25, -0.2) is 14.4 Å². The molecule has 0 saturated carbocycles. The summed E-state index contributed by atoms with van der Waals surface area (Å²) in [5, 5.41) is 3.36. The van der Waals surface area contributed by atoms with Crippen LogP contribution in [0.1, 0.15) is 31.7 Å². The van der Waals surface area contributed by atoms with Crippen molar-refractivity contribution in [3.05, 3.63) is 48.3 Å². The SMILES string of the molecule is CCNC(=NCc1ccc(-n2ccnc2)c(F)c1)N1CCC(OCCCOC)CC1. The summed E-state index contributed by atoms with van der Waals surface area (Å²) in [5.41, 5.74) is 1.32. The van der Waals surface area contributed by atoms with Crippen LogP contribution >= 0.6 is 0 Å². The van der Waals surface area contributed by atoms with Gasteiger partial charge in [0.1, 0.15) is 5.82 Å². The zero-order valence-electron chi connectivity index (χ0n) is 17.9. The Hall–Kier alpha value is -2.45. The minimum absolute atomic E-state index is 0.280. The number of ether oxygens (including phenoxy) is 2. The van der Waals surface area contributed by atoms with Crippen LogP contribution in [0.2, 0.25) is 0 Å². The van der Waals surface area contributed by atoms with Crippen molar-refractivity contribution in [3.63, 3.8) is 0 Å². The number of rotatable bonds is 9. The number of aromatic nitrogens is 2. The molecule has 1 saturated heterocycles. The van der Waals surface area contributed by atoms with Gasteiger partial charge in [0.05, 0.1) is 24.7 Å². The molecule has 8 heteroatoms. The Morgan fingerprint density at radius 2 is 2.13 bits per heavy atom. The van der Waals surface area contributed by atoms with E-state index in [4.69, 9.17) is 14.5 Å². The highest BCUT2D eigenvalue weighted by molar-refractivity contribution is 5.80. The highest BCUT2D eigenvalue weighted by atomic mass is 19.1. The maximum absolute atomic E-state index is 14.5. The third-order valence-corrected chi connectivity index (χ3v) is 5.13. The standard InChI is InChI=1S/C22H32FN5O2/c1-3-25-22(27-10-7-19(8-11-27)30-14-4-13-29-2)26-16-18-5-6-21(20(23)15-18)28-12-9-24-17-28/h5-6,9,12,15,17,19H,3-4,7-8,10-11,13-14,16H2,1-2H3,(H,25,26). The van der Waals surface area contributed by atoms with E-state index in [9.17, 15) is 4.39 Å². The first-order chi connectivity index (χ1) is 14.7. The third kappa shape index (κ3) is 6.27. The fourth-order valence-electron chi connectivity index (χ4n) is 3.54. The average molecular weight is 418 g/mol. The van der Waals surface area contributed by atoms with Crippen molar-refractivity contribution in [2.45, 2.75) is 38.8 Å². The molecule has 3 rings (SSSR count). The molecule has 1 fully saturated rings. The van der Waals surface area contributed by atoms with Gasteiger partial charge in [0.2, 0.25) is 0 Å². The highest BCUT2D eigenvalue weighted by Crippen LogP contribution is 2.17. The predicted octanol–water partition coefficient (Wildman–Crippen LogP) is 2.99. The van der Waals surface area contributed by atoms with Gasteiger partial charge >= 0.3 is 0 Å². The van der Waals surface area contributed by atoms with Crippen LogP contribution in [0.15, 0.2) is 41.9 Å². The summed E-state index contributed by atoms with van der Waals surface area (Å²) in [5.74, 6) is 0.589. The molecular weight excluding hydrogens is 385 g/mol. The maximum Gasteiger partial charge on any atom is 0.194 e. The number of piperidine rings is 1. The van der Waals surface area contributed by atoms with Crippen molar-refractivity contribution < 1.29 is 13.9 Å². The number of hydrogen-bond acceptors (Lipinski definition) is 4. The molecule has 1 aromatic carbocycles. The first-order valence-corrected chi connectivity index (χ1v) is 10.6. The highest BCUT2D eigenvalue weighted by Gasteiger charge is 2.21. The van der Waals surface area contributed by atoms with Gasteiger partial charge < -0.3 is 24.3 Å². The van der Waals surface area contributed by atoms with E-state index in [1.807, 2.05) is 6.07 Å². The molecule has 1 aliphatic rings. The van der Waals surface area contributed by atoms with Crippen LogP contribution in [-0.2, 0) is 16.0 Å². The van der Waals surface area contributed by atoms with Crippen molar-refractivity contribution in [1.29, 1.82) is 0 Å². The zero-order valence-corrected chi connectivity index (χ0v) is 17.9. The van der Waals surface area contributed by atoms with E-state index in [2.05, 4.69) is 22.1 Å². The molecule has 0 unspecified atom stereocenters. The number of nitrogens with one attached hydrogen (secondary N) is 1. The number of nitrogens with zero attached hydrogens (tertiary/aromatic N) is 4. The number of aliphatic imine (C=N–C) groups is 1. The maximum atomic E-state index is 14.5. The van der Waals surface area contributed by atoms with E-state index < -0.39 is 0 Å². The van der Waals surface area contributed by atoms with E-state index in [-0.39, 0.29) is 5.82 Å². The molecule has 0 aliphatic carbocycles. The fraction of sp³-hybridized carbons (Fsp3) is 0.545. The number of likely N-dealkylation sites (tertiary alicyclic amines) is 1.